The molecule has 0 spiro atoms. The average molecular weight is 198 g/mol. The molecule has 0 aliphatic carbocycles. The van der Waals surface area contributed by atoms with Crippen LogP contribution in [0.2, 0.25) is 0 Å². The van der Waals surface area contributed by atoms with Crippen molar-refractivity contribution in [2.75, 3.05) is 5.75 Å². The number of Topliss-reactive ketones (excluding diaryl/α,β-unsaturated/α-hetero) is 1. The monoisotopic (exact) mass is 198 g/mol. The topological polar surface area (TPSA) is 17.1 Å². The first-order valence-corrected chi connectivity index (χ1v) is 4.60. The summed E-state index contributed by atoms with van der Waals surface area (Å²) in [7, 11) is 0. The summed E-state index contributed by atoms with van der Waals surface area (Å²) < 4.78 is 34.7. The lowest BCUT2D eigenvalue weighted by molar-refractivity contribution is -0.173. The van der Waals surface area contributed by atoms with E-state index >= 15 is 0 Å². The first-order valence-electron chi connectivity index (χ1n) is 3.62. The van der Waals surface area contributed by atoms with Crippen molar-refractivity contribution in [3.05, 3.63) is 0 Å². The standard InChI is InChI=1S/C7H9F3OS/c1-6(3-2-4-12-6)5(11)7(8,9)10/h2-4H2,1H3. The first kappa shape index (κ1) is 9.89. The highest BCUT2D eigenvalue weighted by Gasteiger charge is 2.51. The third kappa shape index (κ3) is 1.76. The molecule has 1 aliphatic rings. The molecule has 12 heavy (non-hydrogen) atoms. The predicted octanol–water partition coefficient (Wildman–Crippen LogP) is 2.40. The second kappa shape index (κ2) is 2.94. The van der Waals surface area contributed by atoms with Gasteiger partial charge in [0.05, 0.1) is 4.75 Å². The quantitative estimate of drug-likeness (QED) is 0.643. The lowest BCUT2D eigenvalue weighted by Gasteiger charge is -2.21. The van der Waals surface area contributed by atoms with Crippen molar-refractivity contribution < 1.29 is 18.0 Å². The van der Waals surface area contributed by atoms with Crippen LogP contribution in [0.5, 0.6) is 0 Å². The van der Waals surface area contributed by atoms with Crippen molar-refractivity contribution in [3.8, 4) is 0 Å². The maximum Gasteiger partial charge on any atom is 0.451 e. The van der Waals surface area contributed by atoms with Gasteiger partial charge in [0.2, 0.25) is 0 Å². The molecular weight excluding hydrogens is 189 g/mol. The largest absolute Gasteiger partial charge is 0.451 e. The maximum absolute atomic E-state index is 12.0. The van der Waals surface area contributed by atoms with Crippen molar-refractivity contribution in [2.45, 2.75) is 30.7 Å². The van der Waals surface area contributed by atoms with E-state index in [4.69, 9.17) is 0 Å². The Hall–Kier alpha value is -0.190. The number of hydrogen-bond donors (Lipinski definition) is 0. The number of carbonyl (C=O) groups is 1. The molecule has 1 aliphatic heterocycles. The summed E-state index contributed by atoms with van der Waals surface area (Å²) in [6, 6.07) is 0. The minimum absolute atomic E-state index is 0.343. The number of alkyl halides is 3. The van der Waals surface area contributed by atoms with Gasteiger partial charge in [0, 0.05) is 0 Å². The molecule has 0 aromatic rings. The van der Waals surface area contributed by atoms with Gasteiger partial charge in [-0.3, -0.25) is 4.79 Å². The highest BCUT2D eigenvalue weighted by molar-refractivity contribution is 8.01. The van der Waals surface area contributed by atoms with Gasteiger partial charge in [0.1, 0.15) is 0 Å². The average Bonchev–Trinajstić information content (AvgIpc) is 2.34. The molecule has 1 nitrogen and oxygen atoms in total. The first-order chi connectivity index (χ1) is 5.36. The lowest BCUT2D eigenvalue weighted by Crippen LogP contribution is -2.40. The second-order valence-electron chi connectivity index (χ2n) is 3.01. The smallest absolute Gasteiger partial charge is 0.288 e. The van der Waals surface area contributed by atoms with Crippen molar-refractivity contribution in [2.24, 2.45) is 0 Å². The van der Waals surface area contributed by atoms with E-state index in [1.54, 1.807) is 0 Å². The van der Waals surface area contributed by atoms with Crippen LogP contribution in [0.25, 0.3) is 0 Å². The molecule has 0 radical (unpaired) electrons. The van der Waals surface area contributed by atoms with E-state index in [9.17, 15) is 18.0 Å². The third-order valence-electron chi connectivity index (χ3n) is 1.96. The van der Waals surface area contributed by atoms with Gasteiger partial charge in [-0.05, 0) is 25.5 Å². The zero-order valence-corrected chi connectivity index (χ0v) is 7.39. The summed E-state index contributed by atoms with van der Waals surface area (Å²) in [5.74, 6) is -0.935. The van der Waals surface area contributed by atoms with E-state index in [1.807, 2.05) is 0 Å². The Morgan fingerprint density at radius 3 is 2.42 bits per heavy atom. The van der Waals surface area contributed by atoms with E-state index in [0.717, 1.165) is 11.8 Å². The Kier molecular flexibility index (Phi) is 2.42. The predicted molar refractivity (Wildman–Crippen MR) is 41.2 cm³/mol. The molecule has 1 saturated heterocycles. The molecule has 1 rings (SSSR count). The molecular formula is C7H9F3OS. The summed E-state index contributed by atoms with van der Waals surface area (Å²) in [6.45, 7) is 1.38. The molecule has 70 valence electrons. The normalized spacial score (nSPS) is 30.7. The van der Waals surface area contributed by atoms with Gasteiger partial charge in [-0.1, -0.05) is 0 Å². The fourth-order valence-electron chi connectivity index (χ4n) is 1.26. The van der Waals surface area contributed by atoms with Gasteiger partial charge in [-0.2, -0.15) is 13.2 Å². The molecule has 1 fully saturated rings. The van der Waals surface area contributed by atoms with Crippen LogP contribution in [-0.2, 0) is 4.79 Å². The van der Waals surface area contributed by atoms with Crippen molar-refractivity contribution in [3.63, 3.8) is 0 Å². The molecule has 0 aromatic carbocycles. The molecule has 1 unspecified atom stereocenters. The lowest BCUT2D eigenvalue weighted by atomic mass is 10.00. The SMILES string of the molecule is CC1(C(=O)C(F)(F)F)CCCS1. The summed E-state index contributed by atoms with van der Waals surface area (Å²) in [5.41, 5.74) is 0. The summed E-state index contributed by atoms with van der Waals surface area (Å²) >= 11 is 1.11. The van der Waals surface area contributed by atoms with Crippen molar-refractivity contribution in [1.82, 2.24) is 0 Å². The number of ketones is 1. The Labute approximate surface area is 72.7 Å². The van der Waals surface area contributed by atoms with E-state index < -0.39 is 16.7 Å². The number of halogens is 3. The van der Waals surface area contributed by atoms with Crippen LogP contribution in [0, 0.1) is 0 Å². The van der Waals surface area contributed by atoms with Crippen LogP contribution < -0.4 is 0 Å². The zero-order valence-electron chi connectivity index (χ0n) is 6.57. The Bertz CT molecular complexity index is 193. The fraction of sp³-hybridized carbons (Fsp3) is 0.857. The molecule has 5 heteroatoms. The van der Waals surface area contributed by atoms with E-state index in [-0.39, 0.29) is 0 Å². The molecule has 1 atom stereocenters. The van der Waals surface area contributed by atoms with Crippen LogP contribution in [0.3, 0.4) is 0 Å². The minimum atomic E-state index is -4.67. The molecule has 0 aromatic heterocycles. The Morgan fingerprint density at radius 2 is 2.08 bits per heavy atom. The molecule has 0 bridgehead atoms. The van der Waals surface area contributed by atoms with E-state index in [0.29, 0.717) is 18.6 Å². The van der Waals surface area contributed by atoms with E-state index in [1.165, 1.54) is 6.92 Å². The van der Waals surface area contributed by atoms with Crippen LogP contribution in [0.4, 0.5) is 13.2 Å². The third-order valence-corrected chi connectivity index (χ3v) is 3.48. The Morgan fingerprint density at radius 1 is 1.50 bits per heavy atom. The van der Waals surface area contributed by atoms with Crippen LogP contribution in [0.15, 0.2) is 0 Å². The summed E-state index contributed by atoms with van der Waals surface area (Å²) in [6.07, 6.45) is -3.63. The minimum Gasteiger partial charge on any atom is -0.288 e. The van der Waals surface area contributed by atoms with Gasteiger partial charge in [-0.15, -0.1) is 11.8 Å². The highest BCUT2D eigenvalue weighted by atomic mass is 32.2. The molecule has 1 heterocycles. The van der Waals surface area contributed by atoms with Gasteiger partial charge in [0.15, 0.2) is 0 Å². The van der Waals surface area contributed by atoms with Gasteiger partial charge in [-0.25, -0.2) is 0 Å². The molecule has 0 amide bonds. The van der Waals surface area contributed by atoms with E-state index in [2.05, 4.69) is 0 Å². The van der Waals surface area contributed by atoms with Crippen LogP contribution in [-0.4, -0.2) is 22.5 Å². The maximum atomic E-state index is 12.0. The van der Waals surface area contributed by atoms with Gasteiger partial charge in [0.25, 0.3) is 5.78 Å². The van der Waals surface area contributed by atoms with Crippen molar-refractivity contribution >= 4 is 17.5 Å². The van der Waals surface area contributed by atoms with Crippen LogP contribution in [0.1, 0.15) is 19.8 Å². The Balaban J connectivity index is 2.75. The summed E-state index contributed by atoms with van der Waals surface area (Å²) in [4.78, 5) is 10.8. The van der Waals surface area contributed by atoms with Crippen molar-refractivity contribution in [1.29, 1.82) is 0 Å². The second-order valence-corrected chi connectivity index (χ2v) is 4.61. The zero-order chi connectivity index (χ0) is 9.41. The summed E-state index contributed by atoms with van der Waals surface area (Å²) in [5, 5.41) is 0. The van der Waals surface area contributed by atoms with Gasteiger partial charge >= 0.3 is 6.18 Å². The highest BCUT2D eigenvalue weighted by Crippen LogP contribution is 2.42. The number of thioether (sulfide) groups is 1. The molecule has 0 N–H and O–H groups in total. The molecule has 0 saturated carbocycles. The number of rotatable bonds is 1. The van der Waals surface area contributed by atoms with Gasteiger partial charge < -0.3 is 0 Å². The van der Waals surface area contributed by atoms with Crippen LogP contribution >= 0.6 is 11.8 Å². The fourth-order valence-corrected chi connectivity index (χ4v) is 2.53. The number of carbonyl (C=O) groups excluding carboxylic acids is 1. The number of hydrogen-bond acceptors (Lipinski definition) is 2.